The first-order valence-corrected chi connectivity index (χ1v) is 55.0. The fraction of sp³-hybridized carbons (Fsp3) is 0.472. The Hall–Kier alpha value is 0.343. The van der Waals surface area contributed by atoms with E-state index in [9.17, 15) is 0 Å². The third-order valence-corrected chi connectivity index (χ3v) is 16.8. The van der Waals surface area contributed by atoms with E-state index >= 15 is 0 Å². The Labute approximate surface area is 616 Å². The van der Waals surface area contributed by atoms with Gasteiger partial charge in [-0.15, -0.1) is 94.3 Å². The molecule has 6 nitrogen and oxygen atoms in total. The molecule has 0 atom stereocenters. The average molecular weight is 1520 g/mol. The molecule has 4 saturated heterocycles. The molecule has 6 aromatic carbocycles. The van der Waals surface area contributed by atoms with E-state index in [1.165, 1.54) is 117 Å². The second-order valence-corrected chi connectivity index (χ2v) is 50.6. The zero-order valence-electron chi connectivity index (χ0n) is 56.4. The number of hydrogen-bond donors (Lipinski definition) is 0. The summed E-state index contributed by atoms with van der Waals surface area (Å²) in [5.74, 6) is 3.60. The van der Waals surface area contributed by atoms with Gasteiger partial charge in [0.1, 0.15) is 0 Å². The van der Waals surface area contributed by atoms with Crippen LogP contribution in [0.4, 0.5) is 11.4 Å². The van der Waals surface area contributed by atoms with E-state index in [1.807, 2.05) is 36.0 Å². The third-order valence-electron chi connectivity index (χ3n) is 14.0. The van der Waals surface area contributed by atoms with Gasteiger partial charge in [-0.25, -0.2) is 0 Å². The van der Waals surface area contributed by atoms with Crippen LogP contribution < -0.4 is 37.7 Å². The largest absolute Gasteiger partial charge is 1.00 e. The summed E-state index contributed by atoms with van der Waals surface area (Å²) in [5.41, 5.74) is 17.3. The zero-order chi connectivity index (χ0) is 64.6. The number of aliphatic imine (C=N–C) groups is 2. The minimum atomic E-state index is -2.22. The number of benzene rings is 6. The molecule has 10 rings (SSSR count). The second-order valence-electron chi connectivity index (χ2n) is 22.8. The number of para-hydroxylation sites is 2. The summed E-state index contributed by atoms with van der Waals surface area (Å²) >= 11 is -0.666. The van der Waals surface area contributed by atoms with Crippen molar-refractivity contribution in [2.75, 3.05) is 52.9 Å². The maximum atomic E-state index is 5.02. The summed E-state index contributed by atoms with van der Waals surface area (Å²) in [6.07, 6.45) is 14.2. The van der Waals surface area contributed by atoms with Crippen LogP contribution in [0.3, 0.4) is 0 Å². The Bertz CT molecular complexity index is 2580. The smallest absolute Gasteiger partial charge is 1.00 e. The molecule has 4 fully saturated rings. The van der Waals surface area contributed by atoms with Crippen LogP contribution in [0.15, 0.2) is 129 Å². The van der Waals surface area contributed by atoms with Gasteiger partial charge in [0.05, 0.1) is 11.4 Å². The molecular weight excluding hydrogens is 1430 g/mol. The molecule has 0 spiro atoms. The van der Waals surface area contributed by atoms with Crippen LogP contribution in [0.25, 0.3) is 0 Å². The standard InChI is InChI=1S/2C28H32NS.4C4H8O.6ClH.2Li.2Y/c2*1-19(2)25-14-9-15-26(20(3)4)27(25)29-17-23-12-8-13-24(16-23)18-30-28-21(5)10-7-11-22(28)6;4*1-2-4-5-3-1;;;;;;;;;;/h2*7-15,17,19-20H,18H2,1-6H3;4*1-4H2;6*1H;;;;/q2*-1;;;;;;;;;;;2*+1;2*+3/p-6. The molecule has 0 radical (unpaired) electrons. The predicted octanol–water partition coefficient (Wildman–Crippen LogP) is 18.1. The summed E-state index contributed by atoms with van der Waals surface area (Å²) in [6, 6.07) is 45.9. The van der Waals surface area contributed by atoms with Crippen molar-refractivity contribution in [2.24, 2.45) is 9.98 Å². The molecule has 0 saturated carbocycles. The maximum Gasteiger partial charge on any atom is 1.00 e. The molecule has 0 aromatic heterocycles. The summed E-state index contributed by atoms with van der Waals surface area (Å²) < 4.78 is 19.8. The van der Waals surface area contributed by atoms with Crippen LogP contribution in [0, 0.1) is 39.8 Å². The monoisotopic (exact) mass is 1520 g/mol. The van der Waals surface area contributed by atoms with Crippen molar-refractivity contribution < 1.29 is 103 Å². The molecular formula is C72H96Cl6Li2N2O4S2Y2. The van der Waals surface area contributed by atoms with Gasteiger partial charge in [0, 0.05) is 74.2 Å². The van der Waals surface area contributed by atoms with Gasteiger partial charge in [-0.2, -0.15) is 0 Å². The van der Waals surface area contributed by atoms with Gasteiger partial charge in [0.15, 0.2) is 0 Å². The van der Waals surface area contributed by atoms with Crippen LogP contribution in [0.1, 0.15) is 197 Å². The van der Waals surface area contributed by atoms with Gasteiger partial charge in [0.25, 0.3) is 0 Å². The second kappa shape index (κ2) is 53.3. The van der Waals surface area contributed by atoms with E-state index in [-0.39, 0.29) is 37.7 Å². The van der Waals surface area contributed by atoms with Gasteiger partial charge >= 0.3 is 128 Å². The minimum absolute atomic E-state index is 0. The van der Waals surface area contributed by atoms with Crippen molar-refractivity contribution in [3.8, 4) is 0 Å². The number of rotatable bonds is 14. The molecule has 0 aliphatic carbocycles. The summed E-state index contributed by atoms with van der Waals surface area (Å²) in [4.78, 5) is 12.6. The number of halogens is 6. The molecule has 4 heterocycles. The fourth-order valence-electron chi connectivity index (χ4n) is 9.38. The number of aryl methyl sites for hydroxylation is 4. The molecule has 4 aliphatic rings. The quantitative estimate of drug-likeness (QED) is 0.0469. The Morgan fingerprint density at radius 3 is 0.822 bits per heavy atom. The Balaban J connectivity index is 0.000000617. The zero-order valence-corrected chi connectivity index (χ0v) is 68.2. The van der Waals surface area contributed by atoms with Crippen molar-refractivity contribution in [2.45, 2.75) is 179 Å². The normalized spacial score (nSPS) is 13.8. The van der Waals surface area contributed by atoms with Crippen LogP contribution in [-0.2, 0) is 77.1 Å². The third kappa shape index (κ3) is 38.5. The number of hydrogen-bond acceptors (Lipinski definition) is 8. The van der Waals surface area contributed by atoms with Gasteiger partial charge in [0.2, 0.25) is 0 Å². The average Bonchev–Trinajstić information content (AvgIpc) is 4.29. The first-order valence-electron chi connectivity index (χ1n) is 31.1. The number of ether oxygens (including phenoxy) is 4. The van der Waals surface area contributed by atoms with Gasteiger partial charge in [-0.05, 0) is 160 Å². The first-order chi connectivity index (χ1) is 42.2. The van der Waals surface area contributed by atoms with E-state index in [1.54, 1.807) is 0 Å². The molecule has 90 heavy (non-hydrogen) atoms. The fourth-order valence-corrected chi connectivity index (χ4v) is 11.5. The van der Waals surface area contributed by atoms with Crippen molar-refractivity contribution in [3.05, 3.63) is 188 Å². The molecule has 18 heteroatoms. The first kappa shape index (κ1) is 88.4. The SMILES string of the molecule is C1CCOC1.C1CCOC1.C1CCOC1.C1CCOC1.Cc1cccc(C)c1SCc1[c-]c(C=Nc2c(C(C)C)cccc2C(C)C)ccc1.Cc1cccc(C)c1SCc1[c-]c(C=Nc2c(C(C)C)cccc2C(C)C)ccc1.[Cl][Y]([Cl])[Cl].[Cl][Y]([Cl])[Cl].[Li+].[Li+]. The molecule has 6 aromatic rings. The van der Waals surface area contributed by atoms with Crippen molar-refractivity contribution in [3.63, 3.8) is 0 Å². The van der Waals surface area contributed by atoms with Gasteiger partial charge in [-0.1, -0.05) is 128 Å². The van der Waals surface area contributed by atoms with Crippen molar-refractivity contribution in [1.82, 2.24) is 0 Å². The number of nitrogens with zero attached hydrogens (tertiary/aromatic N) is 2. The molecule has 480 valence electrons. The Kier molecular flexibility index (Phi) is 52.4. The van der Waals surface area contributed by atoms with E-state index in [4.69, 9.17) is 72.9 Å². The number of thioether (sulfide) groups is 2. The van der Waals surface area contributed by atoms with Crippen LogP contribution in [-0.4, -0.2) is 65.3 Å². The van der Waals surface area contributed by atoms with Crippen LogP contribution in [0.2, 0.25) is 0 Å². The molecule has 0 bridgehead atoms. The topological polar surface area (TPSA) is 61.6 Å². The van der Waals surface area contributed by atoms with E-state index < -0.39 is 46.7 Å². The Morgan fingerprint density at radius 1 is 0.389 bits per heavy atom. The summed E-state index contributed by atoms with van der Waals surface area (Å²) in [5, 5.41) is 0. The molecule has 0 N–H and O–H groups in total. The molecule has 0 amide bonds. The van der Waals surface area contributed by atoms with Gasteiger partial charge < -0.3 is 28.9 Å². The summed E-state index contributed by atoms with van der Waals surface area (Å²) in [6.45, 7) is 34.6. The van der Waals surface area contributed by atoms with Crippen LogP contribution >= 0.6 is 67.5 Å². The van der Waals surface area contributed by atoms with Gasteiger partial charge in [-0.3, -0.25) is 0 Å². The minimum Gasteiger partial charge on any atom is 1.00 e. The van der Waals surface area contributed by atoms with Crippen molar-refractivity contribution in [1.29, 1.82) is 0 Å². The predicted molar refractivity (Wildman–Crippen MR) is 381 cm³/mol. The maximum absolute atomic E-state index is 5.02. The molecule has 0 unspecified atom stereocenters. The van der Waals surface area contributed by atoms with E-state index in [2.05, 4.69) is 204 Å². The Morgan fingerprint density at radius 2 is 0.611 bits per heavy atom. The summed E-state index contributed by atoms with van der Waals surface area (Å²) in [7, 11) is 30.1. The van der Waals surface area contributed by atoms with E-state index in [0.717, 1.165) is 86.9 Å². The van der Waals surface area contributed by atoms with Crippen molar-refractivity contribution >= 4 is 91.3 Å². The molecule has 4 aliphatic heterocycles. The van der Waals surface area contributed by atoms with Crippen LogP contribution in [0.5, 0.6) is 0 Å². The van der Waals surface area contributed by atoms with E-state index in [0.29, 0.717) is 23.7 Å².